The molecule has 2 heterocycles. The number of nitrogens with zero attached hydrogens (tertiary/aromatic N) is 1. The van der Waals surface area contributed by atoms with E-state index in [1.165, 1.54) is 16.8 Å². The first-order chi connectivity index (χ1) is 13.6. The lowest BCUT2D eigenvalue weighted by Gasteiger charge is -2.19. The molecule has 2 N–H and O–H groups in total. The maximum atomic E-state index is 12.2. The fourth-order valence-electron chi connectivity index (χ4n) is 3.58. The average molecular weight is 373 g/mol. The number of rotatable bonds is 5. The van der Waals surface area contributed by atoms with Gasteiger partial charge in [-0.1, -0.05) is 42.5 Å². The average Bonchev–Trinajstić information content (AvgIpc) is 3.10. The van der Waals surface area contributed by atoms with E-state index in [0.717, 1.165) is 30.8 Å². The number of aryl methyl sites for hydroxylation is 1. The van der Waals surface area contributed by atoms with E-state index >= 15 is 0 Å². The SMILES string of the molecule is Cc1ccc(C(=O)NCc2ccc(CN3CCc4ccccc43)cc2)c(=O)[nH]1. The molecular weight excluding hydrogens is 350 g/mol. The van der Waals surface area contributed by atoms with E-state index in [4.69, 9.17) is 0 Å². The number of aromatic nitrogens is 1. The molecule has 0 saturated heterocycles. The van der Waals surface area contributed by atoms with E-state index in [1.807, 2.05) is 12.1 Å². The Hall–Kier alpha value is -3.34. The summed E-state index contributed by atoms with van der Waals surface area (Å²) < 4.78 is 0. The van der Waals surface area contributed by atoms with Gasteiger partial charge in [0.05, 0.1) is 0 Å². The summed E-state index contributed by atoms with van der Waals surface area (Å²) in [6, 6.07) is 20.1. The van der Waals surface area contributed by atoms with Gasteiger partial charge >= 0.3 is 0 Å². The number of benzene rings is 2. The Kier molecular flexibility index (Phi) is 4.98. The Bertz CT molecular complexity index is 1050. The first-order valence-electron chi connectivity index (χ1n) is 9.49. The van der Waals surface area contributed by atoms with Crippen LogP contribution in [0.2, 0.25) is 0 Å². The number of H-pyrrole nitrogens is 1. The van der Waals surface area contributed by atoms with Crippen molar-refractivity contribution in [1.82, 2.24) is 10.3 Å². The van der Waals surface area contributed by atoms with Crippen LogP contribution >= 0.6 is 0 Å². The molecule has 0 saturated carbocycles. The Morgan fingerprint density at radius 1 is 1.04 bits per heavy atom. The number of hydrogen-bond acceptors (Lipinski definition) is 3. The van der Waals surface area contributed by atoms with Gasteiger partial charge < -0.3 is 15.2 Å². The first kappa shape index (κ1) is 18.0. The number of pyridine rings is 1. The molecule has 0 bridgehead atoms. The third-order valence-corrected chi connectivity index (χ3v) is 5.13. The number of nitrogens with one attached hydrogen (secondary N) is 2. The summed E-state index contributed by atoms with van der Waals surface area (Å²) in [6.07, 6.45) is 1.10. The van der Waals surface area contributed by atoms with E-state index in [-0.39, 0.29) is 17.0 Å². The van der Waals surface area contributed by atoms with Crippen LogP contribution in [0.1, 0.15) is 32.7 Å². The highest BCUT2D eigenvalue weighted by molar-refractivity contribution is 5.93. The normalized spacial score (nSPS) is 12.7. The highest BCUT2D eigenvalue weighted by Crippen LogP contribution is 2.28. The summed E-state index contributed by atoms with van der Waals surface area (Å²) in [7, 11) is 0. The second-order valence-corrected chi connectivity index (χ2v) is 7.18. The number of fused-ring (bicyclic) bond motifs is 1. The molecule has 5 nitrogen and oxygen atoms in total. The van der Waals surface area contributed by atoms with Crippen molar-refractivity contribution in [1.29, 1.82) is 0 Å². The van der Waals surface area contributed by atoms with Crippen LogP contribution < -0.4 is 15.8 Å². The number of anilines is 1. The summed E-state index contributed by atoms with van der Waals surface area (Å²) in [6.45, 7) is 4.09. The minimum atomic E-state index is -0.362. The van der Waals surface area contributed by atoms with Crippen LogP contribution in [0.5, 0.6) is 0 Å². The number of carbonyl (C=O) groups is 1. The van der Waals surface area contributed by atoms with Crippen molar-refractivity contribution < 1.29 is 4.79 Å². The van der Waals surface area contributed by atoms with Crippen LogP contribution in [0.15, 0.2) is 65.5 Å². The Labute approximate surface area is 164 Å². The van der Waals surface area contributed by atoms with Crippen LogP contribution in [-0.4, -0.2) is 17.4 Å². The van der Waals surface area contributed by atoms with Gasteiger partial charge in [-0.3, -0.25) is 9.59 Å². The fourth-order valence-corrected chi connectivity index (χ4v) is 3.58. The van der Waals surface area contributed by atoms with Crippen molar-refractivity contribution >= 4 is 11.6 Å². The van der Waals surface area contributed by atoms with E-state index in [2.05, 4.69) is 51.6 Å². The molecule has 2 aromatic carbocycles. The van der Waals surface area contributed by atoms with Crippen LogP contribution in [0, 0.1) is 6.92 Å². The van der Waals surface area contributed by atoms with Crippen LogP contribution in [0.3, 0.4) is 0 Å². The molecule has 3 aromatic rings. The van der Waals surface area contributed by atoms with Gasteiger partial charge in [0.25, 0.3) is 11.5 Å². The van der Waals surface area contributed by atoms with Crippen molar-refractivity contribution in [3.8, 4) is 0 Å². The summed E-state index contributed by atoms with van der Waals surface area (Å²) >= 11 is 0. The molecule has 1 amide bonds. The van der Waals surface area contributed by atoms with Crippen molar-refractivity contribution in [2.24, 2.45) is 0 Å². The molecule has 1 aliphatic rings. The molecule has 0 aliphatic carbocycles. The van der Waals surface area contributed by atoms with Gasteiger partial charge in [0.15, 0.2) is 0 Å². The smallest absolute Gasteiger partial charge is 0.260 e. The molecule has 28 heavy (non-hydrogen) atoms. The predicted molar refractivity (Wildman–Crippen MR) is 111 cm³/mol. The van der Waals surface area contributed by atoms with Crippen LogP contribution in [-0.2, 0) is 19.5 Å². The minimum absolute atomic E-state index is 0.134. The maximum Gasteiger partial charge on any atom is 0.260 e. The molecule has 0 spiro atoms. The number of amides is 1. The molecule has 5 heteroatoms. The molecule has 142 valence electrons. The highest BCUT2D eigenvalue weighted by atomic mass is 16.2. The molecule has 1 aliphatic heterocycles. The lowest BCUT2D eigenvalue weighted by atomic mass is 10.1. The highest BCUT2D eigenvalue weighted by Gasteiger charge is 2.18. The van der Waals surface area contributed by atoms with Gasteiger partial charge in [-0.05, 0) is 48.2 Å². The fraction of sp³-hybridized carbons (Fsp3) is 0.217. The Morgan fingerprint density at radius 3 is 2.57 bits per heavy atom. The zero-order valence-corrected chi connectivity index (χ0v) is 15.9. The largest absolute Gasteiger partial charge is 0.367 e. The summed E-state index contributed by atoms with van der Waals surface area (Å²) in [5.74, 6) is -0.362. The van der Waals surface area contributed by atoms with E-state index in [9.17, 15) is 9.59 Å². The lowest BCUT2D eigenvalue weighted by Crippen LogP contribution is -2.29. The molecule has 0 unspecified atom stereocenters. The second kappa shape index (κ2) is 7.72. The topological polar surface area (TPSA) is 65.2 Å². The number of carbonyl (C=O) groups excluding carboxylic acids is 1. The molecule has 0 atom stereocenters. The first-order valence-corrected chi connectivity index (χ1v) is 9.49. The molecule has 4 rings (SSSR count). The third kappa shape index (κ3) is 3.83. The van der Waals surface area contributed by atoms with Gasteiger partial charge in [0.2, 0.25) is 0 Å². The molecule has 1 aromatic heterocycles. The standard InChI is InChI=1S/C23H23N3O2/c1-16-6-11-20(23(28)25-16)22(27)24-14-17-7-9-18(10-8-17)15-26-13-12-19-4-2-3-5-21(19)26/h2-11H,12-15H2,1H3,(H,24,27)(H,25,28). The maximum absolute atomic E-state index is 12.2. The van der Waals surface area contributed by atoms with Crippen molar-refractivity contribution in [3.63, 3.8) is 0 Å². The third-order valence-electron chi connectivity index (χ3n) is 5.13. The van der Waals surface area contributed by atoms with Crippen LogP contribution in [0.4, 0.5) is 5.69 Å². The number of hydrogen-bond donors (Lipinski definition) is 2. The van der Waals surface area contributed by atoms with Gasteiger partial charge in [0.1, 0.15) is 5.56 Å². The van der Waals surface area contributed by atoms with E-state index in [1.54, 1.807) is 19.1 Å². The zero-order chi connectivity index (χ0) is 19.5. The molecular formula is C23H23N3O2. The van der Waals surface area contributed by atoms with Gasteiger partial charge in [-0.2, -0.15) is 0 Å². The Morgan fingerprint density at radius 2 is 1.79 bits per heavy atom. The predicted octanol–water partition coefficient (Wildman–Crippen LogP) is 3.18. The van der Waals surface area contributed by atoms with Gasteiger partial charge in [-0.15, -0.1) is 0 Å². The Balaban J connectivity index is 1.36. The van der Waals surface area contributed by atoms with Crippen molar-refractivity contribution in [2.45, 2.75) is 26.4 Å². The molecule has 0 fully saturated rings. The second-order valence-electron chi connectivity index (χ2n) is 7.18. The van der Waals surface area contributed by atoms with Crippen LogP contribution in [0.25, 0.3) is 0 Å². The number of para-hydroxylation sites is 1. The zero-order valence-electron chi connectivity index (χ0n) is 15.9. The van der Waals surface area contributed by atoms with E-state index in [0.29, 0.717) is 6.54 Å². The monoisotopic (exact) mass is 373 g/mol. The van der Waals surface area contributed by atoms with E-state index < -0.39 is 0 Å². The lowest BCUT2D eigenvalue weighted by molar-refractivity contribution is 0.0949. The summed E-state index contributed by atoms with van der Waals surface area (Å²) in [5, 5.41) is 2.81. The van der Waals surface area contributed by atoms with Crippen molar-refractivity contribution in [2.75, 3.05) is 11.4 Å². The van der Waals surface area contributed by atoms with Gasteiger partial charge in [0, 0.05) is 31.0 Å². The number of aromatic amines is 1. The molecule has 0 radical (unpaired) electrons. The summed E-state index contributed by atoms with van der Waals surface area (Å²) in [4.78, 5) is 29.1. The minimum Gasteiger partial charge on any atom is -0.367 e. The van der Waals surface area contributed by atoms with Crippen molar-refractivity contribution in [3.05, 3.63) is 99.0 Å². The quantitative estimate of drug-likeness (QED) is 0.722. The summed E-state index contributed by atoms with van der Waals surface area (Å²) in [5.41, 5.74) is 5.48. The van der Waals surface area contributed by atoms with Gasteiger partial charge in [-0.25, -0.2) is 0 Å².